The van der Waals surface area contributed by atoms with Crippen LogP contribution in [0.15, 0.2) is 202 Å². The van der Waals surface area contributed by atoms with Crippen LogP contribution in [0.1, 0.15) is 42.9 Å². The van der Waals surface area contributed by atoms with Crippen molar-refractivity contribution in [3.63, 3.8) is 0 Å². The number of furan rings is 2. The van der Waals surface area contributed by atoms with E-state index >= 15 is 0 Å². The van der Waals surface area contributed by atoms with E-state index in [4.69, 9.17) is 13.6 Å². The summed E-state index contributed by atoms with van der Waals surface area (Å²) >= 11 is 0. The Hall–Kier alpha value is -7.76. The van der Waals surface area contributed by atoms with E-state index in [-0.39, 0.29) is 12.0 Å². The second kappa shape index (κ2) is 14.4. The molecule has 3 atom stereocenters. The SMILES string of the molecule is CC1=CC=C(N(C2=CC=CC3c4ccccc4OC23)c2cc3c4cc(N(c5ccc(C)c(C)c5)c5cccc6c5oc5ccccc56)c5ccccc5c4oc3c3ccccc23)CC1C. The first-order valence-corrected chi connectivity index (χ1v) is 22.8. The fourth-order valence-electron chi connectivity index (χ4n) is 10.7. The number of para-hydroxylation sites is 3. The predicted molar refractivity (Wildman–Crippen MR) is 269 cm³/mol. The third kappa shape index (κ3) is 5.71. The van der Waals surface area contributed by atoms with Gasteiger partial charge in [-0.2, -0.15) is 0 Å². The lowest BCUT2D eigenvalue weighted by Gasteiger charge is -2.37. The highest BCUT2D eigenvalue weighted by Crippen LogP contribution is 2.52. The lowest BCUT2D eigenvalue weighted by Crippen LogP contribution is -2.36. The molecule has 1 aliphatic heterocycles. The van der Waals surface area contributed by atoms with Gasteiger partial charge in [0, 0.05) is 66.0 Å². The summed E-state index contributed by atoms with van der Waals surface area (Å²) < 4.78 is 20.9. The van der Waals surface area contributed by atoms with Crippen LogP contribution in [0.25, 0.3) is 65.4 Å². The minimum absolute atomic E-state index is 0.110. The van der Waals surface area contributed by atoms with Crippen LogP contribution in [0.2, 0.25) is 0 Å². The van der Waals surface area contributed by atoms with E-state index < -0.39 is 0 Å². The molecule has 0 amide bonds. The summed E-state index contributed by atoms with van der Waals surface area (Å²) in [6.07, 6.45) is 12.1. The van der Waals surface area contributed by atoms with Crippen LogP contribution in [-0.4, -0.2) is 6.10 Å². The maximum atomic E-state index is 7.21. The van der Waals surface area contributed by atoms with Crippen LogP contribution < -0.4 is 14.5 Å². The molecule has 5 nitrogen and oxygen atoms in total. The molecule has 65 heavy (non-hydrogen) atoms. The molecule has 5 heteroatoms. The van der Waals surface area contributed by atoms with Crippen molar-refractivity contribution in [3.05, 3.63) is 210 Å². The fourth-order valence-corrected chi connectivity index (χ4v) is 10.7. The van der Waals surface area contributed by atoms with Crippen LogP contribution in [0, 0.1) is 19.8 Å². The highest BCUT2D eigenvalue weighted by atomic mass is 16.5. The van der Waals surface area contributed by atoms with E-state index in [2.05, 4.69) is 207 Å². The van der Waals surface area contributed by atoms with Gasteiger partial charge in [-0.3, -0.25) is 0 Å². The topological polar surface area (TPSA) is 42.0 Å². The molecule has 0 radical (unpaired) electrons. The fraction of sp³-hybridized carbons (Fsp3) is 0.133. The summed E-state index contributed by atoms with van der Waals surface area (Å²) in [7, 11) is 0. The summed E-state index contributed by atoms with van der Waals surface area (Å²) in [5, 5.41) is 8.62. The van der Waals surface area contributed by atoms with Crippen LogP contribution in [0.5, 0.6) is 5.75 Å². The molecule has 2 aromatic heterocycles. The molecule has 2 aliphatic carbocycles. The van der Waals surface area contributed by atoms with Gasteiger partial charge in [-0.05, 0) is 98.9 Å². The summed E-state index contributed by atoms with van der Waals surface area (Å²) in [6.45, 7) is 8.94. The molecule has 10 aromatic rings. The predicted octanol–water partition coefficient (Wildman–Crippen LogP) is 16.6. The maximum absolute atomic E-state index is 7.21. The van der Waals surface area contributed by atoms with Crippen LogP contribution >= 0.6 is 0 Å². The zero-order valence-electron chi connectivity index (χ0n) is 36.8. The van der Waals surface area contributed by atoms with Crippen LogP contribution in [0.3, 0.4) is 0 Å². The van der Waals surface area contributed by atoms with Gasteiger partial charge in [0.15, 0.2) is 5.58 Å². The Morgan fingerprint density at radius 1 is 0.508 bits per heavy atom. The van der Waals surface area contributed by atoms with E-state index in [1.807, 2.05) is 6.07 Å². The van der Waals surface area contributed by atoms with Crippen LogP contribution in [0.4, 0.5) is 22.7 Å². The lowest BCUT2D eigenvalue weighted by molar-refractivity contribution is 0.252. The number of aryl methyl sites for hydroxylation is 2. The third-order valence-corrected chi connectivity index (χ3v) is 14.4. The number of nitrogens with zero attached hydrogens (tertiary/aromatic N) is 2. The average molecular weight is 843 g/mol. The Kier molecular flexibility index (Phi) is 8.36. The smallest absolute Gasteiger partial charge is 0.159 e. The molecule has 3 heterocycles. The molecule has 314 valence electrons. The van der Waals surface area contributed by atoms with Crippen molar-refractivity contribution in [2.24, 2.45) is 5.92 Å². The first-order valence-electron chi connectivity index (χ1n) is 22.8. The van der Waals surface area contributed by atoms with Crippen LogP contribution in [-0.2, 0) is 0 Å². The summed E-state index contributed by atoms with van der Waals surface area (Å²) in [6, 6.07) is 52.3. The number of rotatable bonds is 6. The third-order valence-electron chi connectivity index (χ3n) is 14.4. The largest absolute Gasteiger partial charge is 0.483 e. The molecule has 0 saturated heterocycles. The Bertz CT molecular complexity index is 3760. The molecular weight excluding hydrogens is 797 g/mol. The highest BCUT2D eigenvalue weighted by Gasteiger charge is 2.40. The monoisotopic (exact) mass is 842 g/mol. The Balaban J connectivity index is 1.10. The van der Waals surface area contributed by atoms with E-state index in [1.165, 1.54) is 28.0 Å². The first kappa shape index (κ1) is 37.8. The lowest BCUT2D eigenvalue weighted by atomic mass is 9.87. The Labute approximate surface area is 377 Å². The van der Waals surface area contributed by atoms with Crippen molar-refractivity contribution in [3.8, 4) is 5.75 Å². The van der Waals surface area contributed by atoms with Gasteiger partial charge in [0.05, 0.1) is 22.8 Å². The van der Waals surface area contributed by atoms with E-state index in [1.54, 1.807) is 0 Å². The Morgan fingerprint density at radius 3 is 1.89 bits per heavy atom. The van der Waals surface area contributed by atoms with Gasteiger partial charge >= 0.3 is 0 Å². The van der Waals surface area contributed by atoms with Crippen molar-refractivity contribution < 1.29 is 13.6 Å². The van der Waals surface area contributed by atoms with E-state index in [9.17, 15) is 0 Å². The molecule has 0 spiro atoms. The minimum Gasteiger partial charge on any atom is -0.483 e. The van der Waals surface area contributed by atoms with Gasteiger partial charge in [-0.15, -0.1) is 0 Å². The maximum Gasteiger partial charge on any atom is 0.159 e. The average Bonchev–Trinajstić information content (AvgIpc) is 4.04. The number of anilines is 4. The molecule has 0 bridgehead atoms. The molecule has 0 N–H and O–H groups in total. The highest BCUT2D eigenvalue weighted by molar-refractivity contribution is 6.25. The zero-order valence-corrected chi connectivity index (χ0v) is 36.8. The molecule has 3 aliphatic rings. The molecule has 8 aromatic carbocycles. The first-order chi connectivity index (χ1) is 31.9. The standard InChI is InChI=1S/C60H46N2O3/c1-35-27-29-39(31-37(35)3)61(51-23-13-21-47-43-17-9-11-25-55(43)63-59(47)51)53-33-49-50-34-54(42-16-6-8-20-46(42)58(50)65-57(49)45-19-7-5-15-41(45)53)62(40-30-28-36(2)38(4)32-40)52-24-14-22-48-44-18-10-12-26-56(44)64-60(48)52/h5-31,33-34,38,48,60H,32H2,1-4H3. The number of fused-ring (bicyclic) bond motifs is 13. The van der Waals surface area contributed by atoms with E-state index in [0.717, 1.165) is 106 Å². The minimum atomic E-state index is -0.181. The van der Waals surface area contributed by atoms with Crippen molar-refractivity contribution >= 4 is 88.2 Å². The van der Waals surface area contributed by atoms with Crippen molar-refractivity contribution in [2.75, 3.05) is 9.80 Å². The number of ether oxygens (including phenoxy) is 1. The number of benzene rings is 8. The number of hydrogen-bond acceptors (Lipinski definition) is 5. The summed E-state index contributed by atoms with van der Waals surface area (Å²) in [4.78, 5) is 4.90. The summed E-state index contributed by atoms with van der Waals surface area (Å²) in [5.41, 5.74) is 15.1. The van der Waals surface area contributed by atoms with Crippen molar-refractivity contribution in [2.45, 2.75) is 46.1 Å². The molecule has 13 rings (SSSR count). The summed E-state index contributed by atoms with van der Waals surface area (Å²) in [5.74, 6) is 1.45. The molecular formula is C60H46N2O3. The zero-order chi connectivity index (χ0) is 43.5. The molecule has 3 unspecified atom stereocenters. The normalized spacial score (nSPS) is 18.0. The van der Waals surface area contributed by atoms with Crippen molar-refractivity contribution in [1.29, 1.82) is 0 Å². The second-order valence-electron chi connectivity index (χ2n) is 18.2. The quantitative estimate of drug-likeness (QED) is 0.167. The van der Waals surface area contributed by atoms with Gasteiger partial charge in [0.1, 0.15) is 28.6 Å². The van der Waals surface area contributed by atoms with Gasteiger partial charge < -0.3 is 23.4 Å². The number of hydrogen-bond donors (Lipinski definition) is 0. The second-order valence-corrected chi connectivity index (χ2v) is 18.2. The van der Waals surface area contributed by atoms with E-state index in [0.29, 0.717) is 5.92 Å². The van der Waals surface area contributed by atoms with Gasteiger partial charge in [-0.1, -0.05) is 134 Å². The van der Waals surface area contributed by atoms with Gasteiger partial charge in [-0.25, -0.2) is 0 Å². The van der Waals surface area contributed by atoms with Gasteiger partial charge in [0.25, 0.3) is 0 Å². The Morgan fingerprint density at radius 2 is 1.15 bits per heavy atom. The van der Waals surface area contributed by atoms with Crippen molar-refractivity contribution in [1.82, 2.24) is 0 Å². The number of allylic oxidation sites excluding steroid dienone is 6. The molecule has 0 saturated carbocycles. The van der Waals surface area contributed by atoms with Gasteiger partial charge in [0.2, 0.25) is 0 Å². The molecule has 0 fully saturated rings.